The molecule has 0 saturated carbocycles. The lowest BCUT2D eigenvalue weighted by Gasteiger charge is -2.26. The number of likely N-dealkylation sites (N-methyl/N-ethyl adjacent to an activating group) is 2. The normalized spacial score (nSPS) is 14.7. The molecule has 23 heavy (non-hydrogen) atoms. The minimum Gasteiger partial charge on any atom is -0.389 e. The Balaban J connectivity index is 4.64. The van der Waals surface area contributed by atoms with E-state index >= 15 is 0 Å². The lowest BCUT2D eigenvalue weighted by molar-refractivity contribution is 0.0637. The standard InChI is InChI=1S/C13H30N2O6S2/c1-12(2,16)10-14(5)22(18,19)8-7-9-23(20,21)15(6)11-13(3,4)17/h16-17H,7-11H2,1-6H3. The fraction of sp³-hybridized carbons (Fsp3) is 1.00. The molecule has 0 aliphatic rings. The van der Waals surface area contributed by atoms with E-state index in [-0.39, 0.29) is 31.0 Å². The monoisotopic (exact) mass is 374 g/mol. The van der Waals surface area contributed by atoms with Gasteiger partial charge in [0.15, 0.2) is 0 Å². The van der Waals surface area contributed by atoms with Gasteiger partial charge in [-0.3, -0.25) is 0 Å². The number of rotatable bonds is 10. The molecule has 0 saturated heterocycles. The van der Waals surface area contributed by atoms with Crippen molar-refractivity contribution in [3.05, 3.63) is 0 Å². The third-order valence-corrected chi connectivity index (χ3v) is 6.74. The van der Waals surface area contributed by atoms with Gasteiger partial charge in [-0.25, -0.2) is 25.4 Å². The van der Waals surface area contributed by atoms with Crippen molar-refractivity contribution in [2.75, 3.05) is 38.7 Å². The summed E-state index contributed by atoms with van der Waals surface area (Å²) < 4.78 is 50.3. The second kappa shape index (κ2) is 7.75. The van der Waals surface area contributed by atoms with E-state index in [9.17, 15) is 27.0 Å². The molecule has 0 bridgehead atoms. The van der Waals surface area contributed by atoms with Gasteiger partial charge in [0.2, 0.25) is 20.0 Å². The Morgan fingerprint density at radius 1 is 0.739 bits per heavy atom. The summed E-state index contributed by atoms with van der Waals surface area (Å²) in [5, 5.41) is 19.3. The van der Waals surface area contributed by atoms with Crippen molar-refractivity contribution in [1.82, 2.24) is 8.61 Å². The SMILES string of the molecule is CN(CC(C)(C)O)S(=O)(=O)CCCS(=O)(=O)N(C)CC(C)(C)O. The molecule has 2 N–H and O–H groups in total. The Labute approximate surface area is 140 Å². The summed E-state index contributed by atoms with van der Waals surface area (Å²) in [5.41, 5.74) is -2.33. The molecule has 0 atom stereocenters. The van der Waals surface area contributed by atoms with Crippen LogP contribution in [0, 0.1) is 0 Å². The van der Waals surface area contributed by atoms with Crippen molar-refractivity contribution in [3.63, 3.8) is 0 Å². The van der Waals surface area contributed by atoms with Gasteiger partial charge in [0.1, 0.15) is 0 Å². The van der Waals surface area contributed by atoms with Crippen molar-refractivity contribution in [1.29, 1.82) is 0 Å². The number of hydrogen-bond acceptors (Lipinski definition) is 6. The largest absolute Gasteiger partial charge is 0.389 e. The van der Waals surface area contributed by atoms with Crippen LogP contribution in [0.15, 0.2) is 0 Å². The molecule has 0 fully saturated rings. The van der Waals surface area contributed by atoms with Gasteiger partial charge in [-0.2, -0.15) is 0 Å². The highest BCUT2D eigenvalue weighted by atomic mass is 32.2. The smallest absolute Gasteiger partial charge is 0.213 e. The highest BCUT2D eigenvalue weighted by molar-refractivity contribution is 7.90. The summed E-state index contributed by atoms with van der Waals surface area (Å²) in [6.45, 7) is 5.84. The highest BCUT2D eigenvalue weighted by Crippen LogP contribution is 2.11. The molecule has 0 aromatic rings. The van der Waals surface area contributed by atoms with Gasteiger partial charge in [-0.15, -0.1) is 0 Å². The maximum atomic E-state index is 12.1. The van der Waals surface area contributed by atoms with Gasteiger partial charge in [0, 0.05) is 27.2 Å². The average molecular weight is 375 g/mol. The van der Waals surface area contributed by atoms with Crippen LogP contribution < -0.4 is 0 Å². The minimum atomic E-state index is -3.64. The number of nitrogens with zero attached hydrogens (tertiary/aromatic N) is 2. The zero-order chi connectivity index (χ0) is 18.7. The van der Waals surface area contributed by atoms with Crippen LogP contribution >= 0.6 is 0 Å². The van der Waals surface area contributed by atoms with Crippen molar-refractivity contribution >= 4 is 20.0 Å². The molecule has 0 rings (SSSR count). The van der Waals surface area contributed by atoms with E-state index in [1.54, 1.807) is 0 Å². The van der Waals surface area contributed by atoms with Crippen LogP contribution in [0.5, 0.6) is 0 Å². The molecule has 0 amide bonds. The maximum absolute atomic E-state index is 12.1. The summed E-state index contributed by atoms with van der Waals surface area (Å²) in [7, 11) is -4.57. The zero-order valence-electron chi connectivity index (χ0n) is 14.8. The summed E-state index contributed by atoms with van der Waals surface area (Å²) in [5.74, 6) is -0.648. The Kier molecular flexibility index (Phi) is 7.66. The Hall–Kier alpha value is -0.260. The third-order valence-electron chi connectivity index (χ3n) is 2.97. The minimum absolute atomic E-state index is 0.0585. The molecule has 0 aromatic carbocycles. The van der Waals surface area contributed by atoms with Gasteiger partial charge in [-0.05, 0) is 34.1 Å². The van der Waals surface area contributed by atoms with Crippen molar-refractivity contribution in [3.8, 4) is 0 Å². The Bertz CT molecular complexity index is 521. The van der Waals surface area contributed by atoms with Gasteiger partial charge < -0.3 is 10.2 Å². The number of sulfonamides is 2. The molecule has 0 unspecified atom stereocenters. The predicted molar refractivity (Wildman–Crippen MR) is 90.0 cm³/mol. The van der Waals surface area contributed by atoms with E-state index in [4.69, 9.17) is 0 Å². The first-order valence-electron chi connectivity index (χ1n) is 7.29. The van der Waals surface area contributed by atoms with Gasteiger partial charge >= 0.3 is 0 Å². The maximum Gasteiger partial charge on any atom is 0.213 e. The Morgan fingerprint density at radius 2 is 1.00 bits per heavy atom. The van der Waals surface area contributed by atoms with Crippen molar-refractivity contribution in [2.45, 2.75) is 45.3 Å². The molecular weight excluding hydrogens is 344 g/mol. The lowest BCUT2D eigenvalue weighted by atomic mass is 10.1. The van der Waals surface area contributed by atoms with E-state index < -0.39 is 31.2 Å². The summed E-state index contributed by atoms with van der Waals surface area (Å²) in [6, 6.07) is 0. The predicted octanol–water partition coefficient (Wildman–Crippen LogP) is -0.558. The quantitative estimate of drug-likeness (QED) is 0.530. The fourth-order valence-electron chi connectivity index (χ4n) is 2.02. The highest BCUT2D eigenvalue weighted by Gasteiger charge is 2.27. The zero-order valence-corrected chi connectivity index (χ0v) is 16.4. The molecule has 0 aliphatic carbocycles. The lowest BCUT2D eigenvalue weighted by Crippen LogP contribution is -2.42. The molecule has 8 nitrogen and oxygen atoms in total. The second-order valence-corrected chi connectivity index (χ2v) is 11.5. The molecule has 0 radical (unpaired) electrons. The summed E-state index contributed by atoms with van der Waals surface area (Å²) in [6.07, 6.45) is -0.0585. The van der Waals surface area contributed by atoms with Crippen molar-refractivity contribution in [2.24, 2.45) is 0 Å². The molecule has 0 spiro atoms. The Morgan fingerprint density at radius 3 is 1.22 bits per heavy atom. The van der Waals surface area contributed by atoms with Crippen LogP contribution in [0.1, 0.15) is 34.1 Å². The third kappa shape index (κ3) is 9.58. The van der Waals surface area contributed by atoms with Crippen LogP contribution in [-0.2, 0) is 20.0 Å². The molecular formula is C13H30N2O6S2. The topological polar surface area (TPSA) is 115 Å². The van der Waals surface area contributed by atoms with Crippen LogP contribution in [0.25, 0.3) is 0 Å². The van der Waals surface area contributed by atoms with Crippen LogP contribution in [0.3, 0.4) is 0 Å². The fourth-order valence-corrected chi connectivity index (χ4v) is 4.87. The van der Waals surface area contributed by atoms with E-state index in [0.29, 0.717) is 0 Å². The first kappa shape index (κ1) is 22.7. The second-order valence-electron chi connectivity index (χ2n) is 7.12. The number of hydrogen-bond donors (Lipinski definition) is 2. The molecule has 0 aromatic heterocycles. The van der Waals surface area contributed by atoms with Gasteiger partial charge in [-0.1, -0.05) is 0 Å². The van der Waals surface area contributed by atoms with E-state index in [1.165, 1.54) is 41.8 Å². The first-order valence-corrected chi connectivity index (χ1v) is 10.5. The van der Waals surface area contributed by atoms with E-state index in [1.807, 2.05) is 0 Å². The van der Waals surface area contributed by atoms with Gasteiger partial charge in [0.25, 0.3) is 0 Å². The average Bonchev–Trinajstić information content (AvgIpc) is 2.23. The number of aliphatic hydroxyl groups is 2. The van der Waals surface area contributed by atoms with Crippen molar-refractivity contribution < 1.29 is 27.0 Å². The van der Waals surface area contributed by atoms with E-state index in [2.05, 4.69) is 0 Å². The molecule has 0 aliphatic heterocycles. The first-order chi connectivity index (χ1) is 9.96. The summed E-state index contributed by atoms with van der Waals surface area (Å²) >= 11 is 0. The van der Waals surface area contributed by atoms with E-state index in [0.717, 1.165) is 8.61 Å². The van der Waals surface area contributed by atoms with Crippen LogP contribution in [0.4, 0.5) is 0 Å². The van der Waals surface area contributed by atoms with Gasteiger partial charge in [0.05, 0.1) is 22.7 Å². The molecule has 0 heterocycles. The molecule has 10 heteroatoms. The summed E-state index contributed by atoms with van der Waals surface area (Å²) in [4.78, 5) is 0. The van der Waals surface area contributed by atoms with Crippen LogP contribution in [0.2, 0.25) is 0 Å². The van der Waals surface area contributed by atoms with Crippen LogP contribution in [-0.4, -0.2) is 85.6 Å². The molecule has 140 valence electrons.